The van der Waals surface area contributed by atoms with Crippen LogP contribution in [-0.4, -0.2) is 21.2 Å². The molecule has 0 unspecified atom stereocenters. The van der Waals surface area contributed by atoms with Crippen LogP contribution in [0, 0.1) is 0 Å². The number of allylic oxidation sites excluding steroid dienone is 2. The van der Waals surface area contributed by atoms with E-state index in [4.69, 9.17) is 0 Å². The Hall–Kier alpha value is -1.69. The summed E-state index contributed by atoms with van der Waals surface area (Å²) >= 11 is 1.80. The summed E-state index contributed by atoms with van der Waals surface area (Å²) < 4.78 is 0. The first-order valence-corrected chi connectivity index (χ1v) is 5.36. The SMILES string of the molecule is C1=CN=NC2=CCSC2=C1.c1cn[nH]n1. The molecular weight excluding hydrogens is 210 g/mol. The van der Waals surface area contributed by atoms with Crippen LogP contribution in [0.3, 0.4) is 0 Å². The van der Waals surface area contributed by atoms with E-state index in [1.807, 2.05) is 12.2 Å². The van der Waals surface area contributed by atoms with Gasteiger partial charge in [0.15, 0.2) is 0 Å². The molecule has 0 spiro atoms. The van der Waals surface area contributed by atoms with Crippen molar-refractivity contribution < 1.29 is 0 Å². The van der Waals surface area contributed by atoms with Crippen LogP contribution in [0.25, 0.3) is 0 Å². The molecular formula is C9H9N5S. The first-order chi connectivity index (χ1) is 7.47. The van der Waals surface area contributed by atoms with Crippen molar-refractivity contribution in [2.24, 2.45) is 10.2 Å². The van der Waals surface area contributed by atoms with Crippen LogP contribution in [0.5, 0.6) is 0 Å². The fourth-order valence-electron chi connectivity index (χ4n) is 1.04. The van der Waals surface area contributed by atoms with Crippen molar-refractivity contribution in [1.82, 2.24) is 15.4 Å². The number of nitrogens with zero attached hydrogens (tertiary/aromatic N) is 4. The second-order valence-corrected chi connectivity index (χ2v) is 3.71. The second-order valence-electron chi connectivity index (χ2n) is 2.64. The number of H-pyrrole nitrogens is 1. The maximum atomic E-state index is 4.00. The summed E-state index contributed by atoms with van der Waals surface area (Å²) in [7, 11) is 0. The third-order valence-corrected chi connectivity index (χ3v) is 2.65. The standard InChI is InChI=1S/C7H6N2S.C2H3N3/c1-2-7-6(3-5-10-7)9-8-4-1;1-2-4-5-3-1/h1-4H,5H2;1-2H,(H,3,4,5). The molecule has 0 radical (unpaired) electrons. The van der Waals surface area contributed by atoms with E-state index in [-0.39, 0.29) is 0 Å². The molecule has 1 aromatic heterocycles. The minimum atomic E-state index is 1.02. The lowest BCUT2D eigenvalue weighted by Crippen LogP contribution is -1.70. The molecule has 1 aromatic rings. The topological polar surface area (TPSA) is 66.3 Å². The number of aromatic nitrogens is 3. The monoisotopic (exact) mass is 219 g/mol. The normalized spacial score (nSPS) is 17.1. The average Bonchev–Trinajstić information content (AvgIpc) is 2.90. The second kappa shape index (κ2) is 5.26. The lowest BCUT2D eigenvalue weighted by atomic mass is 10.4. The van der Waals surface area contributed by atoms with E-state index in [2.05, 4.69) is 31.7 Å². The zero-order valence-corrected chi connectivity index (χ0v) is 8.68. The Labute approximate surface area is 91.1 Å². The number of fused-ring (bicyclic) bond motifs is 1. The van der Waals surface area contributed by atoms with Crippen molar-refractivity contribution in [3.05, 3.63) is 47.4 Å². The molecule has 0 saturated heterocycles. The van der Waals surface area contributed by atoms with E-state index >= 15 is 0 Å². The highest BCUT2D eigenvalue weighted by molar-refractivity contribution is 8.03. The van der Waals surface area contributed by atoms with Crippen LogP contribution in [0.2, 0.25) is 0 Å². The predicted molar refractivity (Wildman–Crippen MR) is 59.0 cm³/mol. The minimum absolute atomic E-state index is 1.02. The molecule has 76 valence electrons. The van der Waals surface area contributed by atoms with Crippen LogP contribution in [-0.2, 0) is 0 Å². The van der Waals surface area contributed by atoms with Crippen molar-refractivity contribution in [3.63, 3.8) is 0 Å². The van der Waals surface area contributed by atoms with Gasteiger partial charge in [0.25, 0.3) is 0 Å². The van der Waals surface area contributed by atoms with Crippen LogP contribution in [0.1, 0.15) is 0 Å². The summed E-state index contributed by atoms with van der Waals surface area (Å²) in [6, 6.07) is 0. The van der Waals surface area contributed by atoms with Crippen molar-refractivity contribution in [2.45, 2.75) is 0 Å². The molecule has 1 N–H and O–H groups in total. The van der Waals surface area contributed by atoms with Crippen molar-refractivity contribution in [1.29, 1.82) is 0 Å². The van der Waals surface area contributed by atoms with Gasteiger partial charge in [-0.2, -0.15) is 25.6 Å². The highest BCUT2D eigenvalue weighted by Gasteiger charge is 2.10. The predicted octanol–water partition coefficient (Wildman–Crippen LogP) is 2.29. The van der Waals surface area contributed by atoms with E-state index in [0.29, 0.717) is 0 Å². The van der Waals surface area contributed by atoms with Crippen LogP contribution >= 0.6 is 11.8 Å². The number of azo groups is 1. The van der Waals surface area contributed by atoms with Crippen molar-refractivity contribution in [3.8, 4) is 0 Å². The first-order valence-electron chi connectivity index (χ1n) is 4.37. The number of rotatable bonds is 0. The summed E-state index contributed by atoms with van der Waals surface area (Å²) in [6.07, 6.45) is 10.9. The van der Waals surface area contributed by atoms with Gasteiger partial charge in [0.2, 0.25) is 0 Å². The van der Waals surface area contributed by atoms with Gasteiger partial charge in [-0.25, -0.2) is 0 Å². The molecule has 0 amide bonds. The third kappa shape index (κ3) is 2.88. The Morgan fingerprint density at radius 3 is 2.87 bits per heavy atom. The van der Waals surface area contributed by atoms with Gasteiger partial charge < -0.3 is 0 Å². The van der Waals surface area contributed by atoms with Crippen molar-refractivity contribution in [2.75, 3.05) is 5.75 Å². The minimum Gasteiger partial charge on any atom is -0.198 e. The first kappa shape index (κ1) is 9.85. The lowest BCUT2D eigenvalue weighted by molar-refractivity contribution is 0.940. The molecule has 0 atom stereocenters. The zero-order valence-electron chi connectivity index (χ0n) is 7.87. The van der Waals surface area contributed by atoms with Crippen LogP contribution < -0.4 is 0 Å². The van der Waals surface area contributed by atoms with Gasteiger partial charge in [0.05, 0.1) is 18.1 Å². The highest BCUT2D eigenvalue weighted by atomic mass is 32.2. The maximum Gasteiger partial charge on any atom is 0.0961 e. The van der Waals surface area contributed by atoms with Gasteiger partial charge >= 0.3 is 0 Å². The molecule has 6 heteroatoms. The third-order valence-electron chi connectivity index (χ3n) is 1.66. The van der Waals surface area contributed by atoms with Gasteiger partial charge in [-0.15, -0.1) is 11.8 Å². The number of hydrogen-bond donors (Lipinski definition) is 1. The molecule has 2 aliphatic rings. The van der Waals surface area contributed by atoms with Crippen molar-refractivity contribution >= 4 is 11.8 Å². The van der Waals surface area contributed by atoms with E-state index in [1.165, 1.54) is 4.91 Å². The molecule has 0 bridgehead atoms. The molecule has 0 aliphatic carbocycles. The zero-order chi connectivity index (χ0) is 10.3. The molecule has 0 saturated carbocycles. The fraction of sp³-hybridized carbons (Fsp3) is 0.111. The molecule has 0 fully saturated rings. The number of hydrogen-bond acceptors (Lipinski definition) is 5. The summed E-state index contributed by atoms with van der Waals surface area (Å²) in [5.74, 6) is 1.04. The smallest absolute Gasteiger partial charge is 0.0961 e. The highest BCUT2D eigenvalue weighted by Crippen LogP contribution is 2.32. The van der Waals surface area contributed by atoms with Gasteiger partial charge in [-0.1, -0.05) is 0 Å². The summed E-state index contributed by atoms with van der Waals surface area (Å²) in [5.41, 5.74) is 1.02. The Bertz CT molecular complexity index is 399. The van der Waals surface area contributed by atoms with Gasteiger partial charge in [-0.3, -0.25) is 0 Å². The summed E-state index contributed by atoms with van der Waals surface area (Å²) in [4.78, 5) is 1.23. The molecule has 3 heterocycles. The van der Waals surface area contributed by atoms with E-state index in [0.717, 1.165) is 11.4 Å². The molecule has 15 heavy (non-hydrogen) atoms. The van der Waals surface area contributed by atoms with Gasteiger partial charge in [0, 0.05) is 16.9 Å². The quantitative estimate of drug-likeness (QED) is 0.728. The molecule has 3 rings (SSSR count). The number of nitrogens with one attached hydrogen (secondary N) is 1. The Kier molecular flexibility index (Phi) is 3.45. The Balaban J connectivity index is 0.000000144. The molecule has 2 aliphatic heterocycles. The van der Waals surface area contributed by atoms with E-state index < -0.39 is 0 Å². The van der Waals surface area contributed by atoms with Crippen LogP contribution in [0.4, 0.5) is 0 Å². The summed E-state index contributed by atoms with van der Waals surface area (Å²) in [5, 5.41) is 17.2. The van der Waals surface area contributed by atoms with Gasteiger partial charge in [-0.05, 0) is 18.2 Å². The van der Waals surface area contributed by atoms with E-state index in [1.54, 1.807) is 30.4 Å². The molecule has 0 aromatic carbocycles. The number of thioether (sulfide) groups is 1. The lowest BCUT2D eigenvalue weighted by Gasteiger charge is -1.91. The Morgan fingerprint density at radius 1 is 1.27 bits per heavy atom. The summed E-state index contributed by atoms with van der Waals surface area (Å²) in [6.45, 7) is 0. The number of aromatic amines is 1. The van der Waals surface area contributed by atoms with Crippen LogP contribution in [0.15, 0.2) is 57.7 Å². The molecule has 5 nitrogen and oxygen atoms in total. The largest absolute Gasteiger partial charge is 0.198 e. The average molecular weight is 219 g/mol. The Morgan fingerprint density at radius 2 is 2.13 bits per heavy atom. The van der Waals surface area contributed by atoms with Gasteiger partial charge in [0.1, 0.15) is 0 Å². The fourth-order valence-corrected chi connectivity index (χ4v) is 1.91. The van der Waals surface area contributed by atoms with E-state index in [9.17, 15) is 0 Å². The maximum absolute atomic E-state index is 4.00.